The zero-order chi connectivity index (χ0) is 12.7. The molecule has 0 saturated heterocycles. The van der Waals surface area contributed by atoms with Gasteiger partial charge in [-0.15, -0.1) is 0 Å². The van der Waals surface area contributed by atoms with E-state index in [1.165, 1.54) is 30.4 Å². The van der Waals surface area contributed by atoms with Gasteiger partial charge < -0.3 is 5.32 Å². The Bertz CT molecular complexity index is 309. The molecule has 0 bridgehead atoms. The van der Waals surface area contributed by atoms with E-state index in [-0.39, 0.29) is 0 Å². The fourth-order valence-corrected chi connectivity index (χ4v) is 2.34. The van der Waals surface area contributed by atoms with Gasteiger partial charge >= 0.3 is 0 Å². The maximum Gasteiger partial charge on any atom is 0.00107 e. The topological polar surface area (TPSA) is 12.0 Å². The quantitative estimate of drug-likeness (QED) is 0.752. The Morgan fingerprint density at radius 1 is 1.00 bits per heavy atom. The average Bonchev–Trinajstić information content (AvgIpc) is 2.37. The summed E-state index contributed by atoms with van der Waals surface area (Å²) < 4.78 is 0. The monoisotopic (exact) mass is 233 g/mol. The van der Waals surface area contributed by atoms with Crippen molar-refractivity contribution in [2.24, 2.45) is 5.41 Å². The van der Waals surface area contributed by atoms with E-state index >= 15 is 0 Å². The van der Waals surface area contributed by atoms with Gasteiger partial charge in [-0.05, 0) is 43.7 Å². The van der Waals surface area contributed by atoms with Crippen LogP contribution in [0.15, 0.2) is 24.3 Å². The minimum absolute atomic E-state index is 0.422. The predicted octanol–water partition coefficient (Wildman–Crippen LogP) is 3.95. The van der Waals surface area contributed by atoms with Crippen molar-refractivity contribution in [3.8, 4) is 0 Å². The molecule has 0 unspecified atom stereocenters. The molecular formula is C16H27N. The van der Waals surface area contributed by atoms with Crippen LogP contribution in [0.3, 0.4) is 0 Å². The fourth-order valence-electron chi connectivity index (χ4n) is 2.34. The first-order valence-corrected chi connectivity index (χ1v) is 6.92. The molecule has 1 nitrogen and oxygen atoms in total. The molecule has 0 aliphatic heterocycles. The standard InChI is InChI=1S/C16H27N/c1-5-16(6-2,13-17-7-3)12-15-10-8-14(4)9-11-15/h8-11,17H,5-7,12-13H2,1-4H3. The lowest BCUT2D eigenvalue weighted by Crippen LogP contribution is -2.35. The fraction of sp³-hybridized carbons (Fsp3) is 0.625. The van der Waals surface area contributed by atoms with Crippen LogP contribution in [0.5, 0.6) is 0 Å². The Morgan fingerprint density at radius 3 is 2.06 bits per heavy atom. The second-order valence-corrected chi connectivity index (χ2v) is 5.15. The van der Waals surface area contributed by atoms with Crippen LogP contribution in [0.2, 0.25) is 0 Å². The normalized spacial score (nSPS) is 11.8. The third-order valence-electron chi connectivity index (χ3n) is 3.95. The third kappa shape index (κ3) is 4.16. The largest absolute Gasteiger partial charge is 0.316 e. The molecule has 1 N–H and O–H groups in total. The molecule has 0 saturated carbocycles. The predicted molar refractivity (Wildman–Crippen MR) is 76.4 cm³/mol. The molecule has 0 atom stereocenters. The van der Waals surface area contributed by atoms with Crippen LogP contribution in [-0.4, -0.2) is 13.1 Å². The van der Waals surface area contributed by atoms with Gasteiger partial charge in [0.25, 0.3) is 0 Å². The molecule has 1 rings (SSSR count). The Balaban J connectivity index is 2.74. The maximum absolute atomic E-state index is 3.52. The Labute approximate surface area is 107 Å². The molecule has 0 fully saturated rings. The van der Waals surface area contributed by atoms with Gasteiger partial charge in [-0.25, -0.2) is 0 Å². The number of nitrogens with one attached hydrogen (secondary N) is 1. The highest BCUT2D eigenvalue weighted by Crippen LogP contribution is 2.30. The summed E-state index contributed by atoms with van der Waals surface area (Å²) in [4.78, 5) is 0. The Morgan fingerprint density at radius 2 is 1.59 bits per heavy atom. The van der Waals surface area contributed by atoms with Gasteiger partial charge in [0.2, 0.25) is 0 Å². The summed E-state index contributed by atoms with van der Waals surface area (Å²) >= 11 is 0. The van der Waals surface area contributed by atoms with Crippen molar-refractivity contribution in [3.63, 3.8) is 0 Å². The van der Waals surface area contributed by atoms with Crippen LogP contribution < -0.4 is 5.32 Å². The second-order valence-electron chi connectivity index (χ2n) is 5.15. The van der Waals surface area contributed by atoms with Crippen LogP contribution in [0, 0.1) is 12.3 Å². The zero-order valence-corrected chi connectivity index (χ0v) is 11.8. The minimum atomic E-state index is 0.422. The van der Waals surface area contributed by atoms with Gasteiger partial charge in [-0.2, -0.15) is 0 Å². The Kier molecular flexibility index (Phi) is 5.70. The van der Waals surface area contributed by atoms with Crippen LogP contribution >= 0.6 is 0 Å². The van der Waals surface area contributed by atoms with Gasteiger partial charge in [0.15, 0.2) is 0 Å². The molecule has 96 valence electrons. The highest BCUT2D eigenvalue weighted by molar-refractivity contribution is 5.22. The van der Waals surface area contributed by atoms with Gasteiger partial charge in [-0.3, -0.25) is 0 Å². The first-order chi connectivity index (χ1) is 8.15. The second kappa shape index (κ2) is 6.80. The van der Waals surface area contributed by atoms with Crippen LogP contribution in [0.1, 0.15) is 44.7 Å². The van der Waals surface area contributed by atoms with Gasteiger partial charge in [0, 0.05) is 6.54 Å². The van der Waals surface area contributed by atoms with E-state index in [1.807, 2.05) is 0 Å². The lowest BCUT2D eigenvalue weighted by Gasteiger charge is -2.32. The summed E-state index contributed by atoms with van der Waals surface area (Å²) in [6.07, 6.45) is 3.67. The Hall–Kier alpha value is -0.820. The van der Waals surface area contributed by atoms with Crippen LogP contribution in [0.25, 0.3) is 0 Å². The van der Waals surface area contributed by atoms with Crippen molar-refractivity contribution < 1.29 is 0 Å². The molecule has 0 heterocycles. The first kappa shape index (κ1) is 14.2. The highest BCUT2D eigenvalue weighted by atomic mass is 14.9. The number of aryl methyl sites for hydroxylation is 1. The maximum atomic E-state index is 3.52. The summed E-state index contributed by atoms with van der Waals surface area (Å²) in [5.74, 6) is 0. The minimum Gasteiger partial charge on any atom is -0.316 e. The number of benzene rings is 1. The average molecular weight is 233 g/mol. The van der Waals surface area contributed by atoms with E-state index in [1.54, 1.807) is 0 Å². The van der Waals surface area contributed by atoms with Crippen molar-refractivity contribution >= 4 is 0 Å². The van der Waals surface area contributed by atoms with E-state index in [0.29, 0.717) is 5.41 Å². The molecule has 1 aromatic carbocycles. The van der Waals surface area contributed by atoms with Crippen molar-refractivity contribution in [2.75, 3.05) is 13.1 Å². The number of hydrogen-bond donors (Lipinski definition) is 1. The van der Waals surface area contributed by atoms with Crippen molar-refractivity contribution in [1.29, 1.82) is 0 Å². The van der Waals surface area contributed by atoms with Gasteiger partial charge in [0.1, 0.15) is 0 Å². The van der Waals surface area contributed by atoms with Gasteiger partial charge in [-0.1, -0.05) is 50.6 Å². The molecule has 1 aromatic rings. The molecule has 0 aliphatic carbocycles. The molecule has 0 radical (unpaired) electrons. The van der Waals surface area contributed by atoms with Crippen LogP contribution in [0.4, 0.5) is 0 Å². The van der Waals surface area contributed by atoms with E-state index in [9.17, 15) is 0 Å². The number of hydrogen-bond acceptors (Lipinski definition) is 1. The number of rotatable bonds is 7. The lowest BCUT2D eigenvalue weighted by atomic mass is 9.77. The lowest BCUT2D eigenvalue weighted by molar-refractivity contribution is 0.248. The van der Waals surface area contributed by atoms with Crippen molar-refractivity contribution in [2.45, 2.75) is 47.0 Å². The summed E-state index contributed by atoms with van der Waals surface area (Å²) in [6, 6.07) is 9.00. The smallest absolute Gasteiger partial charge is 0.00107 e. The summed E-state index contributed by atoms with van der Waals surface area (Å²) in [5, 5.41) is 3.52. The third-order valence-corrected chi connectivity index (χ3v) is 3.95. The van der Waals surface area contributed by atoms with E-state index < -0.39 is 0 Å². The molecule has 0 spiro atoms. The molecule has 17 heavy (non-hydrogen) atoms. The summed E-state index contributed by atoms with van der Waals surface area (Å²) in [5.41, 5.74) is 3.24. The summed E-state index contributed by atoms with van der Waals surface area (Å²) in [7, 11) is 0. The van der Waals surface area contributed by atoms with Crippen LogP contribution in [-0.2, 0) is 6.42 Å². The van der Waals surface area contributed by atoms with Crippen molar-refractivity contribution in [3.05, 3.63) is 35.4 Å². The molecular weight excluding hydrogens is 206 g/mol. The molecule has 1 heteroatoms. The first-order valence-electron chi connectivity index (χ1n) is 6.92. The summed E-state index contributed by atoms with van der Waals surface area (Å²) in [6.45, 7) is 11.2. The highest BCUT2D eigenvalue weighted by Gasteiger charge is 2.25. The van der Waals surface area contributed by atoms with Gasteiger partial charge in [0.05, 0.1) is 0 Å². The molecule has 0 aromatic heterocycles. The SMILES string of the molecule is CCNCC(CC)(CC)Cc1ccc(C)cc1. The molecule has 0 amide bonds. The zero-order valence-electron chi connectivity index (χ0n) is 11.8. The van der Waals surface area contributed by atoms with E-state index in [0.717, 1.165) is 13.1 Å². The van der Waals surface area contributed by atoms with E-state index in [2.05, 4.69) is 57.3 Å². The van der Waals surface area contributed by atoms with Crippen molar-refractivity contribution in [1.82, 2.24) is 5.32 Å². The van der Waals surface area contributed by atoms with E-state index in [4.69, 9.17) is 0 Å². The molecule has 0 aliphatic rings.